The molecule has 13 heteroatoms. The first-order valence-electron chi connectivity index (χ1n) is 6.53. The molecule has 1 saturated heterocycles. The van der Waals surface area contributed by atoms with E-state index in [1.165, 1.54) is 24.3 Å². The van der Waals surface area contributed by atoms with Gasteiger partial charge in [-0.3, -0.25) is 9.59 Å². The predicted octanol–water partition coefficient (Wildman–Crippen LogP) is -8.71. The van der Waals surface area contributed by atoms with Crippen LogP contribution in [0.25, 0.3) is 0 Å². The van der Waals surface area contributed by atoms with Gasteiger partial charge < -0.3 is 24.5 Å². The molecule has 0 bridgehead atoms. The van der Waals surface area contributed by atoms with E-state index in [1.807, 2.05) is 5.32 Å². The van der Waals surface area contributed by atoms with Crippen molar-refractivity contribution >= 4 is 28.1 Å². The summed E-state index contributed by atoms with van der Waals surface area (Å²) in [5.41, 5.74) is -2.02. The van der Waals surface area contributed by atoms with Crippen LogP contribution in [-0.4, -0.2) is 54.4 Å². The number of hydrogen-bond donors (Lipinski definition) is 1. The summed E-state index contributed by atoms with van der Waals surface area (Å²) in [6.45, 7) is -0.755. The van der Waals surface area contributed by atoms with Crippen LogP contribution in [-0.2, 0) is 29.4 Å². The zero-order valence-corrected chi connectivity index (χ0v) is 21.4. The molecule has 0 aromatic heterocycles. The molecule has 10 nitrogen and oxygen atoms in total. The molecule has 2 amide bonds. The topological polar surface area (TPSA) is 156 Å². The summed E-state index contributed by atoms with van der Waals surface area (Å²) in [6.07, 6.45) is 0. The summed E-state index contributed by atoms with van der Waals surface area (Å²) in [5.74, 6) is -5.91. The molecule has 130 valence electrons. The number of amides is 2. The van der Waals surface area contributed by atoms with Crippen molar-refractivity contribution < 1.29 is 140 Å². The maximum Gasteiger partial charge on any atom is 1.00 e. The molecule has 2 unspecified atom stereocenters. The summed E-state index contributed by atoms with van der Waals surface area (Å²) in [7, 11) is -4.04. The van der Waals surface area contributed by atoms with E-state index in [2.05, 4.69) is 0 Å². The molecule has 2 atom stereocenters. The van der Waals surface area contributed by atoms with Crippen LogP contribution in [0.5, 0.6) is 0 Å². The number of carbonyl (C=O) groups excluding carboxylic acids is 3. The minimum absolute atomic E-state index is 0. The normalized spacial score (nSPS) is 20.1. The second-order valence-electron chi connectivity index (χ2n) is 4.95. The number of ether oxygens (including phenoxy) is 1. The Hall–Kier alpha value is 0.773. The number of carboxylic acid groups (broad SMARTS) is 1. The number of carbonyl (C=O) groups is 3. The Balaban J connectivity index is 0.00000312. The molecule has 1 aliphatic rings. The van der Waals surface area contributed by atoms with E-state index in [4.69, 9.17) is 4.74 Å². The maximum absolute atomic E-state index is 12.2. The van der Waals surface area contributed by atoms with Gasteiger partial charge in [-0.05, 0) is 5.56 Å². The van der Waals surface area contributed by atoms with Crippen molar-refractivity contribution in [2.45, 2.75) is 11.6 Å². The van der Waals surface area contributed by atoms with Crippen LogP contribution in [0.1, 0.15) is 11.5 Å². The number of methoxy groups -OCH3 is 1. The van der Waals surface area contributed by atoms with Crippen molar-refractivity contribution in [3.8, 4) is 0 Å². The summed E-state index contributed by atoms with van der Waals surface area (Å²) in [6, 6.07) is 7.36. The van der Waals surface area contributed by atoms with E-state index in [9.17, 15) is 32.5 Å². The average Bonchev–Trinajstić information content (AvgIpc) is 2.50. The van der Waals surface area contributed by atoms with Gasteiger partial charge in [0, 0.05) is 7.11 Å². The number of β-lactam (4-membered cyclic amide) rings is 1. The van der Waals surface area contributed by atoms with Gasteiger partial charge in [-0.15, -0.1) is 0 Å². The Labute approximate surface area is 234 Å². The largest absolute Gasteiger partial charge is 1.00 e. The third-order valence-corrected chi connectivity index (χ3v) is 4.35. The second-order valence-corrected chi connectivity index (χ2v) is 6.25. The quantitative estimate of drug-likeness (QED) is 0.152. The van der Waals surface area contributed by atoms with Gasteiger partial charge in [0.1, 0.15) is 5.92 Å². The summed E-state index contributed by atoms with van der Waals surface area (Å²) >= 11 is 0. The zero-order chi connectivity index (χ0) is 18.1. The first-order valence-corrected chi connectivity index (χ1v) is 7.90. The molecule has 1 aromatic carbocycles. The Kier molecular flexibility index (Phi) is 10.8. The number of benzene rings is 1. The molecule has 0 saturated carbocycles. The van der Waals surface area contributed by atoms with Crippen molar-refractivity contribution in [3.63, 3.8) is 0 Å². The van der Waals surface area contributed by atoms with Gasteiger partial charge in [0.15, 0.2) is 10.3 Å². The van der Waals surface area contributed by atoms with Crippen LogP contribution < -0.4 is 113 Å². The van der Waals surface area contributed by atoms with E-state index >= 15 is 0 Å². The number of nitrogens with zero attached hydrogens (tertiary/aromatic N) is 1. The van der Waals surface area contributed by atoms with Gasteiger partial charge in [0.25, 0.3) is 5.91 Å². The molecule has 1 heterocycles. The summed E-state index contributed by atoms with van der Waals surface area (Å²) in [4.78, 5) is 35.4. The van der Waals surface area contributed by atoms with Crippen molar-refractivity contribution in [2.24, 2.45) is 0 Å². The fourth-order valence-corrected chi connectivity index (χ4v) is 2.93. The maximum atomic E-state index is 12.2. The Morgan fingerprint density at radius 1 is 1.27 bits per heavy atom. The summed E-state index contributed by atoms with van der Waals surface area (Å²) in [5, 5.41) is 13.3. The standard InChI is InChI=1S/C13H14N2O8S.2K/c1-23-13(7-15(12(13)19)24(20,21)22)14-10(16)9(11(17)18)8-5-3-2-4-6-8;;/h2-6,9H,7H2,1H3,(H,14,16)(H,17,18)(H,20,21,22);;/q;2*+1/p-2. The molecule has 0 spiro atoms. The van der Waals surface area contributed by atoms with Gasteiger partial charge in [-0.1, -0.05) is 30.3 Å². The SMILES string of the molecule is COC1(NC(=O)C(C(=O)[O-])c2ccccc2)CN(S(=O)(=O)[O-])C1=O.[K+].[K+]. The molecule has 1 N–H and O–H groups in total. The Morgan fingerprint density at radius 2 is 1.81 bits per heavy atom. The van der Waals surface area contributed by atoms with Crippen LogP contribution in [0.15, 0.2) is 30.3 Å². The molecule has 0 radical (unpaired) electrons. The van der Waals surface area contributed by atoms with E-state index in [-0.39, 0.29) is 113 Å². The molecule has 1 aromatic rings. The van der Waals surface area contributed by atoms with Crippen LogP contribution in [0.3, 0.4) is 0 Å². The van der Waals surface area contributed by atoms with Gasteiger partial charge >= 0.3 is 103 Å². The van der Waals surface area contributed by atoms with E-state index in [1.54, 1.807) is 6.07 Å². The van der Waals surface area contributed by atoms with Gasteiger partial charge in [0.2, 0.25) is 11.6 Å². The van der Waals surface area contributed by atoms with Gasteiger partial charge in [-0.25, -0.2) is 12.7 Å². The average molecular weight is 435 g/mol. The van der Waals surface area contributed by atoms with Crippen LogP contribution in [0, 0.1) is 0 Å². The molecule has 26 heavy (non-hydrogen) atoms. The molecular weight excluding hydrogens is 422 g/mol. The Bertz CT molecular complexity index is 789. The third-order valence-electron chi connectivity index (χ3n) is 3.51. The smallest absolute Gasteiger partial charge is 0.731 e. The third kappa shape index (κ3) is 5.65. The number of rotatable bonds is 6. The molecule has 1 aliphatic heterocycles. The van der Waals surface area contributed by atoms with Gasteiger partial charge in [0.05, 0.1) is 12.5 Å². The molecule has 2 rings (SSSR count). The molecule has 1 fully saturated rings. The Morgan fingerprint density at radius 3 is 2.19 bits per heavy atom. The van der Waals surface area contributed by atoms with Crippen LogP contribution in [0.2, 0.25) is 0 Å². The number of nitrogens with one attached hydrogen (secondary N) is 1. The first-order chi connectivity index (χ1) is 11.1. The number of carboxylic acids is 1. The van der Waals surface area contributed by atoms with Crippen molar-refractivity contribution in [1.82, 2.24) is 9.62 Å². The van der Waals surface area contributed by atoms with Crippen LogP contribution in [0.4, 0.5) is 0 Å². The first kappa shape index (κ1) is 26.8. The molecular formula is C13H12K2N2O8S. The van der Waals surface area contributed by atoms with Crippen molar-refractivity contribution in [3.05, 3.63) is 35.9 Å². The molecule has 0 aliphatic carbocycles. The fourth-order valence-electron chi connectivity index (χ4n) is 2.24. The fraction of sp³-hybridized carbons (Fsp3) is 0.308. The van der Waals surface area contributed by atoms with E-state index in [0.29, 0.717) is 0 Å². The summed E-state index contributed by atoms with van der Waals surface area (Å²) < 4.78 is 37.3. The monoisotopic (exact) mass is 434 g/mol. The second kappa shape index (κ2) is 10.5. The number of aliphatic carboxylic acids is 1. The van der Waals surface area contributed by atoms with Crippen molar-refractivity contribution in [1.29, 1.82) is 0 Å². The predicted molar refractivity (Wildman–Crippen MR) is 73.5 cm³/mol. The number of hydrogen-bond acceptors (Lipinski definition) is 8. The minimum Gasteiger partial charge on any atom is -0.731 e. The zero-order valence-electron chi connectivity index (χ0n) is 14.3. The van der Waals surface area contributed by atoms with Crippen LogP contribution >= 0.6 is 0 Å². The van der Waals surface area contributed by atoms with E-state index in [0.717, 1.165) is 7.11 Å². The minimum atomic E-state index is -5.05. The van der Waals surface area contributed by atoms with E-state index < -0.39 is 46.3 Å². The van der Waals surface area contributed by atoms with Gasteiger partial charge in [-0.2, -0.15) is 0 Å². The van der Waals surface area contributed by atoms with Crippen molar-refractivity contribution in [2.75, 3.05) is 13.7 Å².